The molecule has 0 aromatic carbocycles. The maximum absolute atomic E-state index is 12.8. The molecule has 116 valence electrons. The molecule has 0 saturated carbocycles. The number of rotatable bonds is 1. The van der Waals surface area contributed by atoms with E-state index in [9.17, 15) is 14.9 Å². The molecule has 24 heavy (non-hydrogen) atoms. The van der Waals surface area contributed by atoms with Crippen LogP contribution < -0.4 is 11.1 Å². The third kappa shape index (κ3) is 1.89. The third-order valence-electron chi connectivity index (χ3n) is 3.73. The highest BCUT2D eigenvalue weighted by molar-refractivity contribution is 7.12. The van der Waals surface area contributed by atoms with Crippen LogP contribution in [0.4, 0.5) is 0 Å². The number of fused-ring (bicyclic) bond motifs is 2. The highest BCUT2D eigenvalue weighted by Gasteiger charge is 2.17. The Hall–Kier alpha value is -3.31. The van der Waals surface area contributed by atoms with Gasteiger partial charge in [0.15, 0.2) is 10.8 Å². The summed E-state index contributed by atoms with van der Waals surface area (Å²) < 4.78 is 2.64. The minimum absolute atomic E-state index is 0.121. The van der Waals surface area contributed by atoms with E-state index in [0.29, 0.717) is 10.8 Å². The van der Waals surface area contributed by atoms with E-state index in [1.807, 2.05) is 19.1 Å². The number of thiazole rings is 1. The lowest BCUT2D eigenvalue weighted by Crippen LogP contribution is -2.26. The summed E-state index contributed by atoms with van der Waals surface area (Å²) in [5, 5.41) is 11.5. The first-order valence-electron chi connectivity index (χ1n) is 6.99. The molecule has 4 heterocycles. The molecule has 0 aliphatic carbocycles. The minimum Gasteiger partial charge on any atom is -0.268 e. The second kappa shape index (κ2) is 5.11. The largest absolute Gasteiger partial charge is 0.276 e. The Morgan fingerprint density at radius 1 is 1.25 bits per heavy atom. The van der Waals surface area contributed by atoms with Gasteiger partial charge in [-0.1, -0.05) is 6.07 Å². The molecule has 8 heteroatoms. The molecule has 0 radical (unpaired) electrons. The van der Waals surface area contributed by atoms with E-state index >= 15 is 0 Å². The molecular formula is C16H9N5O2S. The van der Waals surface area contributed by atoms with Crippen LogP contribution in [0.1, 0.15) is 11.1 Å². The lowest BCUT2D eigenvalue weighted by atomic mass is 10.2. The minimum atomic E-state index is -0.537. The summed E-state index contributed by atoms with van der Waals surface area (Å²) in [5.41, 5.74) is 0.478. The van der Waals surface area contributed by atoms with E-state index < -0.39 is 5.56 Å². The SMILES string of the molecule is Cc1cccn2c(=O)c3cc(C#N)c(=O)n(-c4nccs4)c3nc12. The monoisotopic (exact) mass is 335 g/mol. The maximum atomic E-state index is 12.8. The van der Waals surface area contributed by atoms with E-state index in [-0.39, 0.29) is 22.2 Å². The first-order chi connectivity index (χ1) is 11.6. The molecule has 0 unspecified atom stereocenters. The fourth-order valence-corrected chi connectivity index (χ4v) is 3.24. The molecule has 0 aliphatic heterocycles. The summed E-state index contributed by atoms with van der Waals surface area (Å²) in [6.07, 6.45) is 3.17. The first kappa shape index (κ1) is 14.3. The predicted octanol–water partition coefficient (Wildman–Crippen LogP) is 1.64. The van der Waals surface area contributed by atoms with Crippen molar-refractivity contribution in [2.75, 3.05) is 0 Å². The number of hydrogen-bond donors (Lipinski definition) is 0. The van der Waals surface area contributed by atoms with E-state index in [1.54, 1.807) is 23.8 Å². The van der Waals surface area contributed by atoms with Gasteiger partial charge in [0, 0.05) is 17.8 Å². The summed E-state index contributed by atoms with van der Waals surface area (Å²) in [6, 6.07) is 6.73. The molecule has 0 bridgehead atoms. The molecule has 0 amide bonds. The molecule has 0 saturated heterocycles. The highest BCUT2D eigenvalue weighted by atomic mass is 32.1. The summed E-state index contributed by atoms with van der Waals surface area (Å²) in [7, 11) is 0. The summed E-state index contributed by atoms with van der Waals surface area (Å²) in [6.45, 7) is 1.84. The van der Waals surface area contributed by atoms with Crippen LogP contribution in [0.15, 0.2) is 45.6 Å². The first-order valence-corrected chi connectivity index (χ1v) is 7.87. The van der Waals surface area contributed by atoms with Crippen molar-refractivity contribution in [3.05, 3.63) is 67.8 Å². The second-order valence-corrected chi connectivity index (χ2v) is 6.04. The molecular weight excluding hydrogens is 326 g/mol. The van der Waals surface area contributed by atoms with Gasteiger partial charge in [-0.05, 0) is 24.6 Å². The quantitative estimate of drug-likeness (QED) is 0.493. The molecule has 4 rings (SSSR count). The van der Waals surface area contributed by atoms with Crippen molar-refractivity contribution in [1.29, 1.82) is 5.26 Å². The summed E-state index contributed by atoms with van der Waals surface area (Å²) in [5.74, 6) is 0. The summed E-state index contributed by atoms with van der Waals surface area (Å²) in [4.78, 5) is 34.1. The van der Waals surface area contributed by atoms with Crippen molar-refractivity contribution in [1.82, 2.24) is 18.9 Å². The van der Waals surface area contributed by atoms with E-state index in [1.165, 1.54) is 26.4 Å². The Kier molecular flexibility index (Phi) is 3.04. The maximum Gasteiger partial charge on any atom is 0.276 e. The Morgan fingerprint density at radius 3 is 2.79 bits per heavy atom. The van der Waals surface area contributed by atoms with Crippen molar-refractivity contribution in [2.45, 2.75) is 6.92 Å². The number of nitrogens with zero attached hydrogens (tertiary/aromatic N) is 5. The van der Waals surface area contributed by atoms with Crippen LogP contribution in [-0.4, -0.2) is 18.9 Å². The number of pyridine rings is 2. The van der Waals surface area contributed by atoms with E-state index in [4.69, 9.17) is 0 Å². The summed E-state index contributed by atoms with van der Waals surface area (Å²) >= 11 is 1.23. The number of aromatic nitrogens is 4. The van der Waals surface area contributed by atoms with Gasteiger partial charge in [0.2, 0.25) is 0 Å². The Bertz CT molecular complexity index is 1260. The molecule has 0 fully saturated rings. The zero-order valence-corrected chi connectivity index (χ0v) is 13.2. The molecule has 4 aromatic heterocycles. The normalized spacial score (nSPS) is 11.0. The Balaban J connectivity index is 2.33. The fourth-order valence-electron chi connectivity index (χ4n) is 2.60. The van der Waals surface area contributed by atoms with Crippen LogP contribution in [0, 0.1) is 18.3 Å². The van der Waals surface area contributed by atoms with Crippen LogP contribution in [0.2, 0.25) is 0 Å². The van der Waals surface area contributed by atoms with Crippen molar-refractivity contribution in [2.24, 2.45) is 0 Å². The zero-order chi connectivity index (χ0) is 16.8. The van der Waals surface area contributed by atoms with Crippen LogP contribution in [0.5, 0.6) is 0 Å². The van der Waals surface area contributed by atoms with Gasteiger partial charge in [0.05, 0.1) is 5.39 Å². The van der Waals surface area contributed by atoms with Crippen molar-refractivity contribution < 1.29 is 0 Å². The van der Waals surface area contributed by atoms with Gasteiger partial charge in [-0.25, -0.2) is 14.5 Å². The molecule has 0 aliphatic rings. The average Bonchev–Trinajstić information content (AvgIpc) is 3.10. The topological polar surface area (TPSA) is 93.0 Å². The number of aryl methyl sites for hydroxylation is 1. The van der Waals surface area contributed by atoms with Crippen molar-refractivity contribution in [3.63, 3.8) is 0 Å². The molecule has 0 N–H and O–H groups in total. The second-order valence-electron chi connectivity index (χ2n) is 5.16. The lowest BCUT2D eigenvalue weighted by molar-refractivity contribution is 0.968. The van der Waals surface area contributed by atoms with Gasteiger partial charge >= 0.3 is 0 Å². The van der Waals surface area contributed by atoms with Crippen molar-refractivity contribution in [3.8, 4) is 11.2 Å². The predicted molar refractivity (Wildman–Crippen MR) is 89.7 cm³/mol. The van der Waals surface area contributed by atoms with Gasteiger partial charge in [0.25, 0.3) is 11.1 Å². The Labute approximate surface area is 138 Å². The van der Waals surface area contributed by atoms with E-state index in [2.05, 4.69) is 9.97 Å². The van der Waals surface area contributed by atoms with Crippen LogP contribution in [-0.2, 0) is 0 Å². The average molecular weight is 335 g/mol. The zero-order valence-electron chi connectivity index (χ0n) is 12.4. The van der Waals surface area contributed by atoms with Gasteiger partial charge in [-0.2, -0.15) is 5.26 Å². The lowest BCUT2D eigenvalue weighted by Gasteiger charge is -2.10. The molecule has 0 spiro atoms. The van der Waals surface area contributed by atoms with Gasteiger partial charge < -0.3 is 0 Å². The smallest absolute Gasteiger partial charge is 0.268 e. The van der Waals surface area contributed by atoms with Crippen LogP contribution in [0.3, 0.4) is 0 Å². The fraction of sp³-hybridized carbons (Fsp3) is 0.0625. The van der Waals surface area contributed by atoms with Crippen LogP contribution >= 0.6 is 11.3 Å². The van der Waals surface area contributed by atoms with Crippen LogP contribution in [0.25, 0.3) is 21.8 Å². The molecule has 0 atom stereocenters. The van der Waals surface area contributed by atoms with E-state index in [0.717, 1.165) is 5.56 Å². The third-order valence-corrected chi connectivity index (χ3v) is 4.49. The number of nitriles is 1. The molecule has 7 nitrogen and oxygen atoms in total. The molecule has 4 aromatic rings. The Morgan fingerprint density at radius 2 is 2.08 bits per heavy atom. The van der Waals surface area contributed by atoms with Gasteiger partial charge in [-0.15, -0.1) is 11.3 Å². The highest BCUT2D eigenvalue weighted by Crippen LogP contribution is 2.17. The number of hydrogen-bond acceptors (Lipinski definition) is 6. The standard InChI is InChI=1S/C16H9N5O2S/c1-9-3-2-5-20-12(9)19-13-11(15(20)23)7-10(8-17)14(22)21(13)16-18-4-6-24-16/h2-7H,1H3. The van der Waals surface area contributed by atoms with Gasteiger partial charge in [0.1, 0.15) is 17.3 Å². The van der Waals surface area contributed by atoms with Crippen molar-refractivity contribution >= 4 is 28.0 Å². The van der Waals surface area contributed by atoms with Gasteiger partial charge in [-0.3, -0.25) is 14.0 Å².